The van der Waals surface area contributed by atoms with Gasteiger partial charge >= 0.3 is 0 Å². The van der Waals surface area contributed by atoms with Crippen molar-refractivity contribution in [1.29, 1.82) is 0 Å². The van der Waals surface area contributed by atoms with Crippen molar-refractivity contribution in [2.75, 3.05) is 52.1 Å². The Kier molecular flexibility index (Phi) is 7.37. The molecule has 144 valence electrons. The van der Waals surface area contributed by atoms with Crippen LogP contribution in [0, 0.1) is 0 Å². The van der Waals surface area contributed by atoms with Gasteiger partial charge in [-0.05, 0) is 45.1 Å². The highest BCUT2D eigenvalue weighted by atomic mass is 32.2. The molecule has 1 atom stereocenters. The predicted octanol–water partition coefficient (Wildman–Crippen LogP) is 1.73. The van der Waals surface area contributed by atoms with Crippen molar-refractivity contribution in [1.82, 2.24) is 14.7 Å². The number of amides is 1. The van der Waals surface area contributed by atoms with Crippen molar-refractivity contribution in [2.45, 2.75) is 36.2 Å². The topological polar surface area (TPSA) is 52.8 Å². The lowest BCUT2D eigenvalue weighted by atomic mass is 10.0. The molecule has 0 saturated carbocycles. The third kappa shape index (κ3) is 5.71. The third-order valence-electron chi connectivity index (χ3n) is 5.52. The average molecular weight is 377 g/mol. The van der Waals surface area contributed by atoms with Crippen molar-refractivity contribution in [3.05, 3.63) is 30.3 Å². The predicted molar refractivity (Wildman–Crippen MR) is 108 cm³/mol. The molecule has 1 aromatic rings. The van der Waals surface area contributed by atoms with Crippen LogP contribution in [0.15, 0.2) is 35.2 Å². The Morgan fingerprint density at radius 3 is 2.42 bits per heavy atom. The van der Waals surface area contributed by atoms with Gasteiger partial charge in [0.25, 0.3) is 0 Å². The van der Waals surface area contributed by atoms with Crippen molar-refractivity contribution >= 4 is 17.7 Å². The van der Waals surface area contributed by atoms with E-state index < -0.39 is 0 Å². The number of hydrogen-bond acceptors (Lipinski definition) is 5. The molecule has 3 rings (SSSR count). The maximum absolute atomic E-state index is 12.6. The first-order valence-electron chi connectivity index (χ1n) is 9.75. The van der Waals surface area contributed by atoms with Crippen LogP contribution in [0.3, 0.4) is 0 Å². The minimum atomic E-state index is -0.0837. The fourth-order valence-electron chi connectivity index (χ4n) is 3.83. The van der Waals surface area contributed by atoms with Gasteiger partial charge in [0.2, 0.25) is 5.91 Å². The number of likely N-dealkylation sites (tertiary alicyclic amines) is 1. The van der Waals surface area contributed by atoms with Crippen molar-refractivity contribution in [2.24, 2.45) is 5.73 Å². The number of thioether (sulfide) groups is 1. The summed E-state index contributed by atoms with van der Waals surface area (Å²) in [5.41, 5.74) is 6.20. The van der Waals surface area contributed by atoms with Gasteiger partial charge in [0.15, 0.2) is 0 Å². The molecule has 0 bridgehead atoms. The minimum absolute atomic E-state index is 0.0837. The Bertz CT molecular complexity index is 554. The van der Waals surface area contributed by atoms with E-state index in [2.05, 4.69) is 29.0 Å². The van der Waals surface area contributed by atoms with Gasteiger partial charge in [-0.2, -0.15) is 0 Å². The summed E-state index contributed by atoms with van der Waals surface area (Å²) in [6, 6.07) is 10.9. The lowest BCUT2D eigenvalue weighted by molar-refractivity contribution is -0.133. The summed E-state index contributed by atoms with van der Waals surface area (Å²) in [5, 5.41) is 0. The first-order valence-corrected chi connectivity index (χ1v) is 10.7. The molecule has 0 aromatic heterocycles. The summed E-state index contributed by atoms with van der Waals surface area (Å²) >= 11 is 1.73. The number of carbonyl (C=O) groups is 1. The number of piperidine rings is 1. The van der Waals surface area contributed by atoms with Gasteiger partial charge in [0.1, 0.15) is 0 Å². The van der Waals surface area contributed by atoms with Crippen LogP contribution in [0.4, 0.5) is 0 Å². The first kappa shape index (κ1) is 19.7. The van der Waals surface area contributed by atoms with E-state index in [0.717, 1.165) is 31.9 Å². The van der Waals surface area contributed by atoms with E-state index in [0.29, 0.717) is 12.5 Å². The monoisotopic (exact) mass is 376 g/mol. The van der Waals surface area contributed by atoms with Crippen LogP contribution < -0.4 is 5.73 Å². The molecular formula is C20H32N4OS. The van der Waals surface area contributed by atoms with E-state index in [1.54, 1.807) is 11.8 Å². The van der Waals surface area contributed by atoms with Gasteiger partial charge in [-0.1, -0.05) is 18.2 Å². The molecule has 2 aliphatic rings. The molecule has 2 aliphatic heterocycles. The first-order chi connectivity index (χ1) is 12.6. The van der Waals surface area contributed by atoms with Gasteiger partial charge in [-0.15, -0.1) is 11.8 Å². The van der Waals surface area contributed by atoms with E-state index in [4.69, 9.17) is 5.73 Å². The molecular weight excluding hydrogens is 344 g/mol. The van der Waals surface area contributed by atoms with E-state index >= 15 is 0 Å². The van der Waals surface area contributed by atoms with Crippen molar-refractivity contribution in [3.63, 3.8) is 0 Å². The van der Waals surface area contributed by atoms with Crippen LogP contribution in [0.5, 0.6) is 0 Å². The van der Waals surface area contributed by atoms with E-state index in [1.807, 2.05) is 23.1 Å². The van der Waals surface area contributed by atoms with Crippen LogP contribution in [0.25, 0.3) is 0 Å². The van der Waals surface area contributed by atoms with Crippen LogP contribution in [0.2, 0.25) is 0 Å². The Morgan fingerprint density at radius 2 is 1.77 bits per heavy atom. The average Bonchev–Trinajstić information content (AvgIpc) is 2.68. The summed E-state index contributed by atoms with van der Waals surface area (Å²) < 4.78 is 0. The lowest BCUT2D eigenvalue weighted by Crippen LogP contribution is -2.54. The molecule has 0 radical (unpaired) electrons. The molecule has 1 aromatic carbocycles. The number of rotatable bonds is 6. The molecule has 2 N–H and O–H groups in total. The van der Waals surface area contributed by atoms with E-state index in [1.165, 1.54) is 30.8 Å². The van der Waals surface area contributed by atoms with E-state index in [9.17, 15) is 4.79 Å². The maximum atomic E-state index is 12.6. The van der Waals surface area contributed by atoms with Crippen LogP contribution >= 0.6 is 11.8 Å². The van der Waals surface area contributed by atoms with Crippen LogP contribution in [-0.2, 0) is 4.79 Å². The Balaban J connectivity index is 1.36. The Morgan fingerprint density at radius 1 is 1.12 bits per heavy atom. The highest BCUT2D eigenvalue weighted by molar-refractivity contribution is 7.99. The number of benzene rings is 1. The normalized spacial score (nSPS) is 21.7. The lowest BCUT2D eigenvalue weighted by Gasteiger charge is -2.42. The van der Waals surface area contributed by atoms with Gasteiger partial charge in [-0.25, -0.2) is 0 Å². The molecule has 0 spiro atoms. The van der Waals surface area contributed by atoms with Crippen LogP contribution in [-0.4, -0.2) is 84.8 Å². The summed E-state index contributed by atoms with van der Waals surface area (Å²) in [6.45, 7) is 6.10. The molecule has 5 nitrogen and oxygen atoms in total. The Hall–Kier alpha value is -1.08. The summed E-state index contributed by atoms with van der Waals surface area (Å²) in [7, 11) is 2.20. The Labute approximate surface area is 161 Å². The zero-order chi connectivity index (χ0) is 18.4. The fraction of sp³-hybridized carbons (Fsp3) is 0.650. The highest BCUT2D eigenvalue weighted by Crippen LogP contribution is 2.20. The quantitative estimate of drug-likeness (QED) is 0.767. The highest BCUT2D eigenvalue weighted by Gasteiger charge is 2.28. The van der Waals surface area contributed by atoms with E-state index in [-0.39, 0.29) is 11.9 Å². The minimum Gasteiger partial charge on any atom is -0.340 e. The number of nitrogens with zero attached hydrogens (tertiary/aromatic N) is 3. The molecule has 1 amide bonds. The molecule has 0 unspecified atom stereocenters. The smallest absolute Gasteiger partial charge is 0.224 e. The number of piperazine rings is 1. The zero-order valence-electron chi connectivity index (χ0n) is 15.8. The molecule has 0 aliphatic carbocycles. The van der Waals surface area contributed by atoms with Gasteiger partial charge in [0.05, 0.1) is 0 Å². The van der Waals surface area contributed by atoms with Crippen molar-refractivity contribution < 1.29 is 4.79 Å². The SMILES string of the molecule is CN1CCC(N2CCN(C(=O)C[C@@H](N)CSc3ccccc3)CC2)CC1. The second-order valence-corrected chi connectivity index (χ2v) is 8.63. The summed E-state index contributed by atoms with van der Waals surface area (Å²) in [6.07, 6.45) is 2.96. The number of carbonyl (C=O) groups excluding carboxylic acids is 1. The molecule has 2 saturated heterocycles. The molecule has 6 heteroatoms. The molecule has 26 heavy (non-hydrogen) atoms. The number of hydrogen-bond donors (Lipinski definition) is 1. The van der Waals surface area contributed by atoms with Gasteiger partial charge in [-0.3, -0.25) is 9.69 Å². The third-order valence-corrected chi connectivity index (χ3v) is 6.72. The fourth-order valence-corrected chi connectivity index (χ4v) is 4.70. The van der Waals surface area contributed by atoms with Crippen LogP contribution in [0.1, 0.15) is 19.3 Å². The second kappa shape index (κ2) is 9.74. The molecule has 2 fully saturated rings. The second-order valence-electron chi connectivity index (χ2n) is 7.54. The van der Waals surface area contributed by atoms with Crippen molar-refractivity contribution in [3.8, 4) is 0 Å². The molecule has 2 heterocycles. The summed E-state index contributed by atoms with van der Waals surface area (Å²) in [4.78, 5) is 20.8. The zero-order valence-corrected chi connectivity index (χ0v) is 16.7. The summed E-state index contributed by atoms with van der Waals surface area (Å²) in [5.74, 6) is 1.000. The number of nitrogens with two attached hydrogens (primary N) is 1. The largest absolute Gasteiger partial charge is 0.340 e. The standard InChI is InChI=1S/C20H32N4OS/c1-22-9-7-18(8-10-22)23-11-13-24(14-12-23)20(25)15-17(21)16-26-19-5-3-2-4-6-19/h2-6,17-18H,7-16,21H2,1H3/t17-/m1/s1. The van der Waals surface area contributed by atoms with Gasteiger partial charge in [0, 0.05) is 55.3 Å². The maximum Gasteiger partial charge on any atom is 0.224 e. The van der Waals surface area contributed by atoms with Gasteiger partial charge < -0.3 is 15.5 Å².